The van der Waals surface area contributed by atoms with Crippen LogP contribution in [0, 0.1) is 5.92 Å². The number of nitrogens with one attached hydrogen (secondary N) is 2. The molecule has 3 fully saturated rings. The number of anilines is 4. The summed E-state index contributed by atoms with van der Waals surface area (Å²) in [6.07, 6.45) is 4.93. The zero-order valence-electron chi connectivity index (χ0n) is 22.6. The van der Waals surface area contributed by atoms with Gasteiger partial charge in [-0.3, -0.25) is 9.59 Å². The van der Waals surface area contributed by atoms with Gasteiger partial charge in [-0.2, -0.15) is 4.98 Å². The highest BCUT2D eigenvalue weighted by molar-refractivity contribution is 6.31. The number of rotatable bonds is 9. The Balaban J connectivity index is 1.04. The first kappa shape index (κ1) is 26.9. The van der Waals surface area contributed by atoms with Crippen molar-refractivity contribution in [2.75, 3.05) is 54.8 Å². The molecule has 2 N–H and O–H groups in total. The van der Waals surface area contributed by atoms with Crippen molar-refractivity contribution in [2.45, 2.75) is 18.9 Å². The van der Waals surface area contributed by atoms with Crippen molar-refractivity contribution in [1.82, 2.24) is 19.8 Å². The standard InChI is InChI=1S/C30H32ClN7O3/c1-2-27(39)38-18-23(19-38)33-22-4-3-5-25(16-22)41-28-26(31)17-32-30(35-28)34-21-8-10-24(11-9-21)36-12-14-37(15-13-36)29(40)20-6-7-20/h2-5,8-11,16-17,20,23,33H,1,6-7,12-15,18-19H2,(H,32,34,35). The van der Waals surface area contributed by atoms with Crippen molar-refractivity contribution in [2.24, 2.45) is 5.92 Å². The second-order valence-corrected chi connectivity index (χ2v) is 10.9. The minimum atomic E-state index is -0.0601. The SMILES string of the molecule is C=CC(=O)N1CC(Nc2cccc(Oc3nc(Nc4ccc(N5CCN(C(=O)C6CC6)CC5)cc4)ncc3Cl)c2)C1. The van der Waals surface area contributed by atoms with Crippen LogP contribution in [0.25, 0.3) is 0 Å². The van der Waals surface area contributed by atoms with Crippen LogP contribution in [-0.4, -0.2) is 76.9 Å². The fraction of sp³-hybridized carbons (Fsp3) is 0.333. The van der Waals surface area contributed by atoms with Gasteiger partial charge in [0.05, 0.1) is 12.2 Å². The number of hydrogen-bond donors (Lipinski definition) is 2. The molecule has 3 aliphatic rings. The van der Waals surface area contributed by atoms with Crippen LogP contribution in [0.3, 0.4) is 0 Å². The van der Waals surface area contributed by atoms with Gasteiger partial charge in [0.2, 0.25) is 23.6 Å². The Morgan fingerprint density at radius 3 is 2.46 bits per heavy atom. The fourth-order valence-electron chi connectivity index (χ4n) is 5.02. The van der Waals surface area contributed by atoms with Crippen molar-refractivity contribution in [3.63, 3.8) is 0 Å². The Morgan fingerprint density at radius 1 is 1.00 bits per heavy atom. The average molecular weight is 574 g/mol. The van der Waals surface area contributed by atoms with Crippen molar-refractivity contribution >= 4 is 46.4 Å². The number of likely N-dealkylation sites (tertiary alicyclic amines) is 1. The molecule has 11 heteroatoms. The first-order chi connectivity index (χ1) is 19.9. The Hall–Kier alpha value is -4.31. The number of carbonyl (C=O) groups is 2. The topological polar surface area (TPSA) is 103 Å². The van der Waals surface area contributed by atoms with E-state index in [1.54, 1.807) is 4.90 Å². The maximum atomic E-state index is 12.3. The molecule has 2 aliphatic heterocycles. The second kappa shape index (κ2) is 11.7. The van der Waals surface area contributed by atoms with Gasteiger partial charge in [0.15, 0.2) is 0 Å². The molecule has 6 rings (SSSR count). The van der Waals surface area contributed by atoms with E-state index in [1.807, 2.05) is 41.3 Å². The number of ether oxygens (including phenoxy) is 1. The van der Waals surface area contributed by atoms with Gasteiger partial charge in [-0.25, -0.2) is 4.98 Å². The van der Waals surface area contributed by atoms with E-state index in [-0.39, 0.29) is 23.7 Å². The van der Waals surface area contributed by atoms with Crippen molar-refractivity contribution in [3.05, 3.63) is 72.4 Å². The zero-order valence-corrected chi connectivity index (χ0v) is 23.4. The zero-order chi connectivity index (χ0) is 28.3. The molecule has 0 unspecified atom stereocenters. The van der Waals surface area contributed by atoms with Crippen molar-refractivity contribution < 1.29 is 14.3 Å². The molecule has 2 amide bonds. The summed E-state index contributed by atoms with van der Waals surface area (Å²) in [5, 5.41) is 6.92. The first-order valence-corrected chi connectivity index (χ1v) is 14.2. The average Bonchev–Trinajstić information content (AvgIpc) is 3.82. The summed E-state index contributed by atoms with van der Waals surface area (Å²) in [5.41, 5.74) is 2.82. The third-order valence-corrected chi connectivity index (χ3v) is 7.76. The molecule has 1 aromatic heterocycles. The molecule has 212 valence electrons. The number of aromatic nitrogens is 2. The Morgan fingerprint density at radius 2 is 1.76 bits per heavy atom. The predicted octanol–water partition coefficient (Wildman–Crippen LogP) is 4.53. The number of halogens is 1. The maximum Gasteiger partial charge on any atom is 0.246 e. The molecule has 1 saturated carbocycles. The molecule has 3 aromatic rings. The van der Waals surface area contributed by atoms with Crippen LogP contribution >= 0.6 is 11.6 Å². The largest absolute Gasteiger partial charge is 0.437 e. The number of hydrogen-bond acceptors (Lipinski definition) is 8. The molecule has 0 spiro atoms. The lowest BCUT2D eigenvalue weighted by atomic mass is 10.1. The monoisotopic (exact) mass is 573 g/mol. The smallest absolute Gasteiger partial charge is 0.246 e. The van der Waals surface area contributed by atoms with Gasteiger partial charge in [-0.05, 0) is 55.3 Å². The summed E-state index contributed by atoms with van der Waals surface area (Å²) in [5.74, 6) is 1.71. The van der Waals surface area contributed by atoms with Crippen LogP contribution < -0.4 is 20.3 Å². The van der Waals surface area contributed by atoms with E-state index in [9.17, 15) is 9.59 Å². The van der Waals surface area contributed by atoms with Crippen LogP contribution in [-0.2, 0) is 9.59 Å². The van der Waals surface area contributed by atoms with E-state index in [0.29, 0.717) is 35.7 Å². The van der Waals surface area contributed by atoms with E-state index in [2.05, 4.69) is 44.2 Å². The van der Waals surface area contributed by atoms with Crippen LogP contribution in [0.5, 0.6) is 11.6 Å². The van der Waals surface area contributed by atoms with Crippen LogP contribution in [0.4, 0.5) is 23.0 Å². The van der Waals surface area contributed by atoms with Gasteiger partial charge >= 0.3 is 0 Å². The second-order valence-electron chi connectivity index (χ2n) is 10.5. The normalized spacial score (nSPS) is 17.0. The molecule has 2 saturated heterocycles. The summed E-state index contributed by atoms with van der Waals surface area (Å²) in [6, 6.07) is 15.8. The van der Waals surface area contributed by atoms with Gasteiger partial charge in [0.1, 0.15) is 10.8 Å². The molecule has 3 heterocycles. The van der Waals surface area contributed by atoms with Crippen molar-refractivity contribution in [3.8, 4) is 11.6 Å². The van der Waals surface area contributed by atoms with E-state index < -0.39 is 0 Å². The van der Waals surface area contributed by atoms with E-state index >= 15 is 0 Å². The first-order valence-electron chi connectivity index (χ1n) is 13.8. The molecule has 0 bridgehead atoms. The molecule has 0 atom stereocenters. The molecular formula is C30H32ClN7O3. The molecule has 41 heavy (non-hydrogen) atoms. The molecule has 1 aliphatic carbocycles. The van der Waals surface area contributed by atoms with Gasteiger partial charge < -0.3 is 30.1 Å². The number of carbonyl (C=O) groups excluding carboxylic acids is 2. The summed E-state index contributed by atoms with van der Waals surface area (Å²) >= 11 is 6.35. The minimum absolute atomic E-state index is 0.0601. The quantitative estimate of drug-likeness (QED) is 0.360. The lowest BCUT2D eigenvalue weighted by molar-refractivity contribution is -0.133. The van der Waals surface area contributed by atoms with Gasteiger partial charge in [-0.1, -0.05) is 24.2 Å². The highest BCUT2D eigenvalue weighted by Gasteiger charge is 2.34. The van der Waals surface area contributed by atoms with E-state index in [4.69, 9.17) is 16.3 Å². The molecular weight excluding hydrogens is 542 g/mol. The number of piperazine rings is 1. The van der Waals surface area contributed by atoms with E-state index in [0.717, 1.165) is 56.1 Å². The fourth-order valence-corrected chi connectivity index (χ4v) is 5.15. The third-order valence-electron chi connectivity index (χ3n) is 7.51. The highest BCUT2D eigenvalue weighted by Crippen LogP contribution is 2.32. The molecule has 2 aromatic carbocycles. The summed E-state index contributed by atoms with van der Waals surface area (Å²) in [6.45, 7) is 7.98. The Bertz CT molecular complexity index is 1430. The molecule has 10 nitrogen and oxygen atoms in total. The summed E-state index contributed by atoms with van der Waals surface area (Å²) in [4.78, 5) is 38.8. The maximum absolute atomic E-state index is 12.3. The summed E-state index contributed by atoms with van der Waals surface area (Å²) in [7, 11) is 0. The van der Waals surface area contributed by atoms with E-state index in [1.165, 1.54) is 12.3 Å². The third kappa shape index (κ3) is 6.38. The van der Waals surface area contributed by atoms with Gasteiger partial charge in [0, 0.05) is 68.3 Å². The predicted molar refractivity (Wildman–Crippen MR) is 159 cm³/mol. The van der Waals surface area contributed by atoms with Crippen molar-refractivity contribution in [1.29, 1.82) is 0 Å². The number of nitrogens with zero attached hydrogens (tertiary/aromatic N) is 5. The highest BCUT2D eigenvalue weighted by atomic mass is 35.5. The number of amides is 2. The summed E-state index contributed by atoms with van der Waals surface area (Å²) < 4.78 is 6.01. The Kier molecular flexibility index (Phi) is 7.65. The van der Waals surface area contributed by atoms with Crippen LogP contribution in [0.1, 0.15) is 12.8 Å². The number of benzene rings is 2. The lowest BCUT2D eigenvalue weighted by Gasteiger charge is -2.39. The Labute approximate surface area is 244 Å². The van der Waals surface area contributed by atoms with Gasteiger partial charge in [-0.15, -0.1) is 0 Å². The molecule has 0 radical (unpaired) electrons. The van der Waals surface area contributed by atoms with Crippen LogP contribution in [0.2, 0.25) is 5.02 Å². The minimum Gasteiger partial charge on any atom is -0.437 e. The van der Waals surface area contributed by atoms with Gasteiger partial charge in [0.25, 0.3) is 0 Å². The van der Waals surface area contributed by atoms with Crippen LogP contribution in [0.15, 0.2) is 67.4 Å². The lowest BCUT2D eigenvalue weighted by Crippen LogP contribution is -2.56.